The Balaban J connectivity index is 1.29. The van der Waals surface area contributed by atoms with Crippen LogP contribution in [0.2, 0.25) is 0 Å². The van der Waals surface area contributed by atoms with Crippen LogP contribution in [-0.4, -0.2) is 51.8 Å². The number of aromatic nitrogens is 3. The van der Waals surface area contributed by atoms with E-state index in [2.05, 4.69) is 14.5 Å². The molecule has 4 fully saturated rings. The first-order valence-corrected chi connectivity index (χ1v) is 10.6. The summed E-state index contributed by atoms with van der Waals surface area (Å²) in [5, 5.41) is 0. The summed E-state index contributed by atoms with van der Waals surface area (Å²) in [6.45, 7) is 3.80. The number of rotatable bonds is 5. The summed E-state index contributed by atoms with van der Waals surface area (Å²) in [6, 6.07) is 2.03. The van der Waals surface area contributed by atoms with Gasteiger partial charge >= 0.3 is 6.18 Å². The number of nitrogens with two attached hydrogens (primary N) is 1. The van der Waals surface area contributed by atoms with Crippen LogP contribution in [-0.2, 0) is 17.3 Å². The van der Waals surface area contributed by atoms with Crippen molar-refractivity contribution in [1.29, 1.82) is 0 Å². The average molecular weight is 419 g/mol. The van der Waals surface area contributed by atoms with E-state index in [0.717, 1.165) is 44.6 Å². The van der Waals surface area contributed by atoms with Crippen LogP contribution in [0.5, 0.6) is 0 Å². The quantitative estimate of drug-likeness (QED) is 0.807. The van der Waals surface area contributed by atoms with Crippen molar-refractivity contribution < 1.29 is 17.9 Å². The molecule has 2 aliphatic carbocycles. The number of imidazole rings is 1. The Morgan fingerprint density at radius 3 is 2.50 bits per heavy atom. The van der Waals surface area contributed by atoms with Gasteiger partial charge in [-0.1, -0.05) is 0 Å². The van der Waals surface area contributed by atoms with Crippen LogP contribution in [0.25, 0.3) is 11.3 Å². The maximum Gasteiger partial charge on any atom is 0.419 e. The highest BCUT2D eigenvalue weighted by molar-refractivity contribution is 5.62. The summed E-state index contributed by atoms with van der Waals surface area (Å²) >= 11 is 0. The molecule has 4 heterocycles. The fraction of sp³-hybridized carbons (Fsp3) is 0.619. The predicted octanol–water partition coefficient (Wildman–Crippen LogP) is 3.00. The van der Waals surface area contributed by atoms with Crippen LogP contribution in [0.1, 0.15) is 30.3 Å². The Labute approximate surface area is 172 Å². The van der Waals surface area contributed by atoms with Crippen molar-refractivity contribution >= 4 is 5.82 Å². The standard InChI is InChI=1S/C21H24F3N5O/c22-21(23,24)16-4-12(5-26-20(16)25)17-8-29(18(27-17)3-11-1-2-11)19-14-6-28(7-15(14)19)13-9-30-10-13/h4-5,8,11,13-15,19H,1-3,6-7,9-10H2,(H2,25,26)/t14-,15+,19?. The third kappa shape index (κ3) is 3.10. The number of hydrogen-bond donors (Lipinski definition) is 1. The summed E-state index contributed by atoms with van der Waals surface area (Å²) in [6.07, 6.45) is 2.10. The normalized spacial score (nSPS) is 29.1. The Morgan fingerprint density at radius 1 is 1.17 bits per heavy atom. The highest BCUT2D eigenvalue weighted by atomic mass is 19.4. The number of ether oxygens (including phenoxy) is 1. The number of nitrogens with zero attached hydrogens (tertiary/aromatic N) is 4. The number of piperidine rings is 1. The van der Waals surface area contributed by atoms with E-state index in [1.807, 2.05) is 6.20 Å². The lowest BCUT2D eigenvalue weighted by Gasteiger charge is -2.36. The molecular formula is C21H24F3N5O. The lowest BCUT2D eigenvalue weighted by atomic mass is 10.1. The Morgan fingerprint density at radius 2 is 1.90 bits per heavy atom. The van der Waals surface area contributed by atoms with Gasteiger partial charge in [-0.15, -0.1) is 0 Å². The molecule has 0 spiro atoms. The van der Waals surface area contributed by atoms with Gasteiger partial charge in [0.1, 0.15) is 11.6 Å². The fourth-order valence-corrected chi connectivity index (χ4v) is 5.08. The first-order valence-electron chi connectivity index (χ1n) is 10.6. The topological polar surface area (TPSA) is 69.2 Å². The number of anilines is 1. The lowest BCUT2D eigenvalue weighted by molar-refractivity contribution is -0.137. The molecule has 1 unspecified atom stereocenters. The molecule has 0 radical (unpaired) electrons. The second kappa shape index (κ2) is 6.43. The molecule has 0 aromatic carbocycles. The molecule has 0 amide bonds. The van der Waals surface area contributed by atoms with Crippen molar-refractivity contribution in [1.82, 2.24) is 19.4 Å². The molecule has 3 atom stereocenters. The Bertz CT molecular complexity index is 970. The van der Waals surface area contributed by atoms with E-state index < -0.39 is 17.6 Å². The van der Waals surface area contributed by atoms with Gasteiger partial charge in [0.25, 0.3) is 0 Å². The van der Waals surface area contributed by atoms with E-state index in [-0.39, 0.29) is 0 Å². The van der Waals surface area contributed by atoms with Gasteiger partial charge in [0, 0.05) is 43.5 Å². The van der Waals surface area contributed by atoms with Gasteiger partial charge in [-0.25, -0.2) is 9.97 Å². The smallest absolute Gasteiger partial charge is 0.383 e. The summed E-state index contributed by atoms with van der Waals surface area (Å²) in [5.74, 6) is 2.34. The van der Waals surface area contributed by atoms with E-state index in [9.17, 15) is 13.2 Å². The number of pyridine rings is 1. The second-order valence-electron chi connectivity index (χ2n) is 9.22. The summed E-state index contributed by atoms with van der Waals surface area (Å²) in [7, 11) is 0. The summed E-state index contributed by atoms with van der Waals surface area (Å²) < 4.78 is 47.4. The number of likely N-dealkylation sites (tertiary alicyclic amines) is 1. The molecule has 2 aliphatic heterocycles. The number of fused-ring (bicyclic) bond motifs is 1. The first kappa shape index (κ1) is 18.6. The average Bonchev–Trinajstić information content (AvgIpc) is 3.48. The highest BCUT2D eigenvalue weighted by Gasteiger charge is 2.58. The van der Waals surface area contributed by atoms with Gasteiger partial charge in [0.15, 0.2) is 0 Å². The van der Waals surface area contributed by atoms with Crippen molar-refractivity contribution in [2.45, 2.75) is 37.5 Å². The van der Waals surface area contributed by atoms with Gasteiger partial charge in [-0.2, -0.15) is 13.2 Å². The van der Waals surface area contributed by atoms with Gasteiger partial charge < -0.3 is 15.0 Å². The van der Waals surface area contributed by atoms with E-state index in [0.29, 0.717) is 41.1 Å². The lowest BCUT2D eigenvalue weighted by Crippen LogP contribution is -2.49. The molecule has 2 aromatic heterocycles. The molecule has 9 heteroatoms. The number of halogens is 3. The summed E-state index contributed by atoms with van der Waals surface area (Å²) in [4.78, 5) is 11.1. The van der Waals surface area contributed by atoms with Crippen molar-refractivity contribution in [3.8, 4) is 11.3 Å². The number of nitrogen functional groups attached to an aromatic ring is 1. The molecule has 6 rings (SSSR count). The van der Waals surface area contributed by atoms with E-state index in [1.165, 1.54) is 19.0 Å². The van der Waals surface area contributed by atoms with Crippen LogP contribution < -0.4 is 5.73 Å². The fourth-order valence-electron chi connectivity index (χ4n) is 5.08. The third-order valence-electron chi connectivity index (χ3n) is 7.13. The maximum absolute atomic E-state index is 13.3. The third-order valence-corrected chi connectivity index (χ3v) is 7.13. The largest absolute Gasteiger partial charge is 0.419 e. The minimum absolute atomic E-state index is 0.367. The molecule has 0 bridgehead atoms. The molecular weight excluding hydrogens is 395 g/mol. The molecule has 2 saturated carbocycles. The maximum atomic E-state index is 13.3. The van der Waals surface area contributed by atoms with Crippen LogP contribution >= 0.6 is 0 Å². The predicted molar refractivity (Wildman–Crippen MR) is 103 cm³/mol. The Hall–Kier alpha value is -2.13. The van der Waals surface area contributed by atoms with Gasteiger partial charge in [-0.3, -0.25) is 4.90 Å². The van der Waals surface area contributed by atoms with Gasteiger partial charge in [-0.05, 0) is 36.7 Å². The SMILES string of the molecule is Nc1ncc(-c2cn(C3[C@H]4CN(C5COC5)C[C@@H]34)c(CC3CC3)n2)cc1C(F)(F)F. The molecule has 2 saturated heterocycles. The van der Waals surface area contributed by atoms with Crippen molar-refractivity contribution in [2.75, 3.05) is 32.0 Å². The molecule has 30 heavy (non-hydrogen) atoms. The minimum atomic E-state index is -4.53. The van der Waals surface area contributed by atoms with Gasteiger partial charge in [0.05, 0.1) is 30.5 Å². The van der Waals surface area contributed by atoms with Crippen molar-refractivity contribution in [2.24, 2.45) is 17.8 Å². The zero-order valence-corrected chi connectivity index (χ0v) is 16.5. The van der Waals surface area contributed by atoms with Crippen LogP contribution in [0.3, 0.4) is 0 Å². The summed E-state index contributed by atoms with van der Waals surface area (Å²) in [5.41, 5.74) is 5.48. The van der Waals surface area contributed by atoms with E-state index in [4.69, 9.17) is 15.5 Å². The van der Waals surface area contributed by atoms with Crippen LogP contribution in [0.4, 0.5) is 19.0 Å². The van der Waals surface area contributed by atoms with Crippen LogP contribution in [0, 0.1) is 17.8 Å². The first-order chi connectivity index (χ1) is 14.4. The molecule has 2 aromatic rings. The van der Waals surface area contributed by atoms with E-state index in [1.54, 1.807) is 0 Å². The molecule has 2 N–H and O–H groups in total. The van der Waals surface area contributed by atoms with Crippen molar-refractivity contribution in [3.63, 3.8) is 0 Å². The molecule has 160 valence electrons. The minimum Gasteiger partial charge on any atom is -0.383 e. The second-order valence-corrected chi connectivity index (χ2v) is 9.22. The Kier molecular flexibility index (Phi) is 3.99. The zero-order chi connectivity index (χ0) is 20.6. The zero-order valence-electron chi connectivity index (χ0n) is 16.5. The van der Waals surface area contributed by atoms with Crippen LogP contribution in [0.15, 0.2) is 18.5 Å². The van der Waals surface area contributed by atoms with Crippen molar-refractivity contribution in [3.05, 3.63) is 29.8 Å². The molecule has 6 nitrogen and oxygen atoms in total. The van der Waals surface area contributed by atoms with E-state index >= 15 is 0 Å². The van der Waals surface area contributed by atoms with Gasteiger partial charge in [0.2, 0.25) is 0 Å². The monoisotopic (exact) mass is 419 g/mol. The highest BCUT2D eigenvalue weighted by Crippen LogP contribution is 2.56. The number of hydrogen-bond acceptors (Lipinski definition) is 5. The molecule has 4 aliphatic rings. The number of alkyl halides is 3.